The van der Waals surface area contributed by atoms with Crippen LogP contribution in [-0.4, -0.2) is 34.2 Å². The highest BCUT2D eigenvalue weighted by molar-refractivity contribution is 7.89. The Labute approximate surface area is 162 Å². The second-order valence-corrected chi connectivity index (χ2v) is 8.36. The maximum atomic E-state index is 12.7. The predicted molar refractivity (Wildman–Crippen MR) is 98.5 cm³/mol. The first kappa shape index (κ1) is 20.6. The van der Waals surface area contributed by atoms with E-state index in [4.69, 9.17) is 4.74 Å². The maximum Gasteiger partial charge on any atom is 0.416 e. The highest BCUT2D eigenvalue weighted by Gasteiger charge is 2.31. The third-order valence-electron chi connectivity index (χ3n) is 4.62. The lowest BCUT2D eigenvalue weighted by Gasteiger charge is -2.25. The molecule has 0 saturated carbocycles. The lowest BCUT2D eigenvalue weighted by molar-refractivity contribution is -0.137. The smallest absolute Gasteiger partial charge is 0.416 e. The van der Waals surface area contributed by atoms with E-state index in [0.717, 1.165) is 25.1 Å². The van der Waals surface area contributed by atoms with Gasteiger partial charge in [-0.25, -0.2) is 13.1 Å². The van der Waals surface area contributed by atoms with Crippen molar-refractivity contribution < 1.29 is 26.3 Å². The molecule has 2 N–H and O–H groups in total. The van der Waals surface area contributed by atoms with Crippen molar-refractivity contribution >= 4 is 10.0 Å². The second-order valence-electron chi connectivity index (χ2n) is 6.60. The Hall–Kier alpha value is -2.10. The number of hydrogen-bond donors (Lipinski definition) is 2. The third kappa shape index (κ3) is 5.24. The standard InChI is InChI=1S/C19H21F3N2O3S/c20-19(21,22)15-6-8-16(9-7-15)27-18(14-10-11-23-12-14)13-24-28(25,26)17-4-2-1-3-5-17/h1-9,14,18,23-24H,10-13H2/t14-,18-/m1/s1. The molecule has 0 aliphatic carbocycles. The molecule has 0 unspecified atom stereocenters. The topological polar surface area (TPSA) is 67.4 Å². The molecular weight excluding hydrogens is 393 g/mol. The molecule has 1 saturated heterocycles. The van der Waals surface area contributed by atoms with Crippen LogP contribution in [0.3, 0.4) is 0 Å². The van der Waals surface area contributed by atoms with Crippen LogP contribution in [0.4, 0.5) is 13.2 Å². The summed E-state index contributed by atoms with van der Waals surface area (Å²) in [5.41, 5.74) is -0.760. The average Bonchev–Trinajstić information content (AvgIpc) is 3.20. The van der Waals surface area contributed by atoms with Gasteiger partial charge in [-0.3, -0.25) is 0 Å². The molecule has 2 aromatic rings. The van der Waals surface area contributed by atoms with Crippen LogP contribution in [-0.2, 0) is 16.2 Å². The quantitative estimate of drug-likeness (QED) is 0.731. The minimum absolute atomic E-state index is 0.0184. The van der Waals surface area contributed by atoms with Crippen molar-refractivity contribution in [2.24, 2.45) is 5.92 Å². The first-order chi connectivity index (χ1) is 13.3. The summed E-state index contributed by atoms with van der Waals surface area (Å²) >= 11 is 0. The summed E-state index contributed by atoms with van der Waals surface area (Å²) in [5, 5.41) is 3.19. The van der Waals surface area contributed by atoms with Crippen molar-refractivity contribution in [3.63, 3.8) is 0 Å². The van der Waals surface area contributed by atoms with Gasteiger partial charge in [0.05, 0.1) is 10.5 Å². The van der Waals surface area contributed by atoms with E-state index in [-0.39, 0.29) is 23.1 Å². The van der Waals surface area contributed by atoms with Crippen LogP contribution >= 0.6 is 0 Å². The molecule has 9 heteroatoms. The molecule has 0 aromatic heterocycles. The summed E-state index contributed by atoms with van der Waals surface area (Å²) < 4.78 is 71.5. The second kappa shape index (κ2) is 8.50. The first-order valence-electron chi connectivity index (χ1n) is 8.85. The lowest BCUT2D eigenvalue weighted by atomic mass is 10.0. The fourth-order valence-electron chi connectivity index (χ4n) is 3.07. The molecular formula is C19H21F3N2O3S. The van der Waals surface area contributed by atoms with Gasteiger partial charge in [0.2, 0.25) is 10.0 Å². The van der Waals surface area contributed by atoms with E-state index >= 15 is 0 Å². The first-order valence-corrected chi connectivity index (χ1v) is 10.3. The van der Waals surface area contributed by atoms with Gasteiger partial charge in [-0.15, -0.1) is 0 Å². The highest BCUT2D eigenvalue weighted by atomic mass is 32.2. The third-order valence-corrected chi connectivity index (χ3v) is 6.06. The molecule has 1 fully saturated rings. The Bertz CT molecular complexity index is 866. The normalized spacial score (nSPS) is 18.8. The average molecular weight is 414 g/mol. The molecule has 0 radical (unpaired) electrons. The van der Waals surface area contributed by atoms with Crippen LogP contribution in [0.2, 0.25) is 0 Å². The molecule has 0 spiro atoms. The number of rotatable bonds is 7. The summed E-state index contributed by atoms with van der Waals surface area (Å²) in [5.74, 6) is 0.310. The molecule has 152 valence electrons. The van der Waals surface area contributed by atoms with Crippen LogP contribution in [0.5, 0.6) is 5.75 Å². The van der Waals surface area contributed by atoms with E-state index < -0.39 is 27.9 Å². The van der Waals surface area contributed by atoms with Crippen LogP contribution in [0.25, 0.3) is 0 Å². The van der Waals surface area contributed by atoms with Crippen molar-refractivity contribution in [2.45, 2.75) is 23.6 Å². The number of alkyl halides is 3. The molecule has 28 heavy (non-hydrogen) atoms. The summed E-state index contributed by atoms with van der Waals surface area (Å²) in [4.78, 5) is 0.146. The molecule has 2 aromatic carbocycles. The van der Waals surface area contributed by atoms with Gasteiger partial charge in [0.1, 0.15) is 11.9 Å². The van der Waals surface area contributed by atoms with Crippen LogP contribution in [0.1, 0.15) is 12.0 Å². The van der Waals surface area contributed by atoms with E-state index in [1.807, 2.05) is 0 Å². The summed E-state index contributed by atoms with van der Waals surface area (Å²) in [6, 6.07) is 12.4. The minimum Gasteiger partial charge on any atom is -0.489 e. The zero-order chi connectivity index (χ0) is 20.2. The van der Waals surface area contributed by atoms with E-state index in [2.05, 4.69) is 10.0 Å². The Kier molecular flexibility index (Phi) is 6.26. The van der Waals surface area contributed by atoms with Gasteiger partial charge in [0.25, 0.3) is 0 Å². The van der Waals surface area contributed by atoms with Crippen LogP contribution in [0, 0.1) is 5.92 Å². The van der Waals surface area contributed by atoms with Crippen molar-refractivity contribution in [1.29, 1.82) is 0 Å². The van der Waals surface area contributed by atoms with Gasteiger partial charge in [0.15, 0.2) is 0 Å². The fraction of sp³-hybridized carbons (Fsp3) is 0.368. The SMILES string of the molecule is O=S(=O)(NC[C@@H](Oc1ccc(C(F)(F)F)cc1)[C@@H]1CCNC1)c1ccccc1. The number of benzene rings is 2. The largest absolute Gasteiger partial charge is 0.489 e. The zero-order valence-electron chi connectivity index (χ0n) is 14.9. The molecule has 5 nitrogen and oxygen atoms in total. The Morgan fingerprint density at radius 3 is 2.36 bits per heavy atom. The Balaban J connectivity index is 1.71. The van der Waals surface area contributed by atoms with Gasteiger partial charge in [-0.2, -0.15) is 13.2 Å². The van der Waals surface area contributed by atoms with Crippen LogP contribution in [0.15, 0.2) is 59.5 Å². The van der Waals surface area contributed by atoms with Gasteiger partial charge >= 0.3 is 6.18 Å². The minimum atomic E-state index is -4.42. The molecule has 3 rings (SSSR count). The van der Waals surface area contributed by atoms with Crippen molar-refractivity contribution in [3.05, 3.63) is 60.2 Å². The van der Waals surface area contributed by atoms with Crippen molar-refractivity contribution in [2.75, 3.05) is 19.6 Å². The molecule has 1 heterocycles. The van der Waals surface area contributed by atoms with Gasteiger partial charge in [0, 0.05) is 19.0 Å². The lowest BCUT2D eigenvalue weighted by Crippen LogP contribution is -2.40. The number of ether oxygens (including phenoxy) is 1. The summed E-state index contributed by atoms with van der Waals surface area (Å²) in [6.45, 7) is 1.45. The molecule has 0 bridgehead atoms. The maximum absolute atomic E-state index is 12.7. The summed E-state index contributed by atoms with van der Waals surface area (Å²) in [6.07, 6.45) is -4.14. The summed E-state index contributed by atoms with van der Waals surface area (Å²) in [7, 11) is -3.70. The van der Waals surface area contributed by atoms with Gasteiger partial charge in [-0.05, 0) is 49.4 Å². The van der Waals surface area contributed by atoms with Crippen molar-refractivity contribution in [3.8, 4) is 5.75 Å². The van der Waals surface area contributed by atoms with E-state index in [0.29, 0.717) is 6.54 Å². The molecule has 1 aliphatic heterocycles. The number of hydrogen-bond acceptors (Lipinski definition) is 4. The molecule has 1 aliphatic rings. The van der Waals surface area contributed by atoms with Gasteiger partial charge in [-0.1, -0.05) is 18.2 Å². The Morgan fingerprint density at radius 1 is 1.11 bits per heavy atom. The monoisotopic (exact) mass is 414 g/mol. The fourth-order valence-corrected chi connectivity index (χ4v) is 4.14. The Morgan fingerprint density at radius 2 is 1.79 bits per heavy atom. The van der Waals surface area contributed by atoms with E-state index in [9.17, 15) is 21.6 Å². The number of sulfonamides is 1. The highest BCUT2D eigenvalue weighted by Crippen LogP contribution is 2.31. The number of nitrogens with one attached hydrogen (secondary N) is 2. The van der Waals surface area contributed by atoms with Gasteiger partial charge < -0.3 is 10.1 Å². The molecule has 2 atom stereocenters. The predicted octanol–water partition coefficient (Wildman–Crippen LogP) is 3.04. The van der Waals surface area contributed by atoms with E-state index in [1.165, 1.54) is 24.3 Å². The van der Waals surface area contributed by atoms with E-state index in [1.54, 1.807) is 18.2 Å². The number of halogens is 3. The van der Waals surface area contributed by atoms with Crippen LogP contribution < -0.4 is 14.8 Å². The van der Waals surface area contributed by atoms with Crippen molar-refractivity contribution in [1.82, 2.24) is 10.0 Å². The molecule has 0 amide bonds. The zero-order valence-corrected chi connectivity index (χ0v) is 15.8.